The Labute approximate surface area is 169 Å². The molecule has 7 heteroatoms. The van der Waals surface area contributed by atoms with Crippen LogP contribution in [0, 0.1) is 0 Å². The number of amides is 1. The van der Waals surface area contributed by atoms with Crippen LogP contribution in [0.2, 0.25) is 0 Å². The van der Waals surface area contributed by atoms with Crippen LogP contribution >= 0.6 is 0 Å². The first-order valence-electron chi connectivity index (χ1n) is 9.53. The quantitative estimate of drug-likeness (QED) is 0.698. The van der Waals surface area contributed by atoms with Crippen LogP contribution in [0.3, 0.4) is 0 Å². The van der Waals surface area contributed by atoms with E-state index >= 15 is 0 Å². The van der Waals surface area contributed by atoms with Gasteiger partial charge in [-0.25, -0.2) is 0 Å². The van der Waals surface area contributed by atoms with Gasteiger partial charge in [0.15, 0.2) is 28.8 Å². The smallest absolute Gasteiger partial charge is 0.231 e. The highest BCUT2D eigenvalue weighted by Crippen LogP contribution is 2.34. The second-order valence-corrected chi connectivity index (χ2v) is 7.03. The van der Waals surface area contributed by atoms with Crippen molar-refractivity contribution in [3.63, 3.8) is 0 Å². The molecule has 1 amide bonds. The molecule has 0 radical (unpaired) electrons. The van der Waals surface area contributed by atoms with Crippen molar-refractivity contribution >= 4 is 11.7 Å². The van der Waals surface area contributed by atoms with Gasteiger partial charge >= 0.3 is 0 Å². The van der Waals surface area contributed by atoms with E-state index in [4.69, 9.17) is 18.9 Å². The van der Waals surface area contributed by atoms with Crippen molar-refractivity contribution in [2.24, 2.45) is 0 Å². The largest absolute Gasteiger partial charge is 0.493 e. The molecule has 0 unspecified atom stereocenters. The minimum absolute atomic E-state index is 0.0282. The predicted molar refractivity (Wildman–Crippen MR) is 105 cm³/mol. The number of methoxy groups -OCH3 is 2. The Morgan fingerprint density at radius 2 is 1.69 bits per heavy atom. The average Bonchev–Trinajstić information content (AvgIpc) is 3.23. The average molecular weight is 397 g/mol. The summed E-state index contributed by atoms with van der Waals surface area (Å²) in [5.41, 5.74) is 2.73. The van der Waals surface area contributed by atoms with E-state index in [0.29, 0.717) is 41.7 Å². The third-order valence-corrected chi connectivity index (χ3v) is 5.33. The van der Waals surface area contributed by atoms with Gasteiger partial charge in [0, 0.05) is 31.5 Å². The number of carbonyl (C=O) groups is 2. The normalized spacial score (nSPS) is 14.3. The molecular formula is C22H23NO6. The van der Waals surface area contributed by atoms with Crippen LogP contribution in [0.15, 0.2) is 30.3 Å². The minimum Gasteiger partial charge on any atom is -0.493 e. The van der Waals surface area contributed by atoms with Crippen molar-refractivity contribution < 1.29 is 28.5 Å². The number of hydrogen-bond acceptors (Lipinski definition) is 6. The maximum Gasteiger partial charge on any atom is 0.231 e. The molecule has 0 bridgehead atoms. The van der Waals surface area contributed by atoms with Gasteiger partial charge in [-0.15, -0.1) is 0 Å². The summed E-state index contributed by atoms with van der Waals surface area (Å²) >= 11 is 0. The van der Waals surface area contributed by atoms with Crippen LogP contribution < -0.4 is 18.9 Å². The molecule has 0 N–H and O–H groups in total. The van der Waals surface area contributed by atoms with Gasteiger partial charge in [0.1, 0.15) is 0 Å². The summed E-state index contributed by atoms with van der Waals surface area (Å²) < 4.78 is 21.3. The number of ether oxygens (including phenoxy) is 4. The van der Waals surface area contributed by atoms with E-state index in [2.05, 4.69) is 0 Å². The van der Waals surface area contributed by atoms with E-state index in [-0.39, 0.29) is 31.3 Å². The Morgan fingerprint density at radius 1 is 0.966 bits per heavy atom. The highest BCUT2D eigenvalue weighted by Gasteiger charge is 2.24. The highest BCUT2D eigenvalue weighted by atomic mass is 16.7. The van der Waals surface area contributed by atoms with Gasteiger partial charge in [-0.3, -0.25) is 9.59 Å². The fourth-order valence-corrected chi connectivity index (χ4v) is 3.69. The van der Waals surface area contributed by atoms with Crippen LogP contribution in [-0.4, -0.2) is 44.1 Å². The van der Waals surface area contributed by atoms with E-state index in [0.717, 1.165) is 17.5 Å². The fraction of sp³-hybridized carbons (Fsp3) is 0.364. The van der Waals surface area contributed by atoms with Gasteiger partial charge in [0.2, 0.25) is 12.7 Å². The Hall–Kier alpha value is -3.22. The van der Waals surface area contributed by atoms with E-state index in [9.17, 15) is 9.59 Å². The molecule has 0 saturated carbocycles. The Kier molecular flexibility index (Phi) is 5.29. The van der Waals surface area contributed by atoms with Crippen molar-refractivity contribution in [3.05, 3.63) is 47.0 Å². The molecule has 0 aromatic heterocycles. The summed E-state index contributed by atoms with van der Waals surface area (Å²) in [6.07, 6.45) is 1.08. The molecule has 29 heavy (non-hydrogen) atoms. The lowest BCUT2D eigenvalue weighted by atomic mass is 9.98. The summed E-state index contributed by atoms with van der Waals surface area (Å²) in [5.74, 6) is 2.44. The number of Topliss-reactive ketones (excluding diaryl/α,β-unsaturated/α-hetero) is 1. The second-order valence-electron chi connectivity index (χ2n) is 7.03. The van der Waals surface area contributed by atoms with Crippen LogP contribution in [0.1, 0.15) is 34.3 Å². The summed E-state index contributed by atoms with van der Waals surface area (Å²) in [6.45, 7) is 1.30. The molecule has 2 aliphatic rings. The SMILES string of the molecule is COc1cc2c(cc1OC)CN(C(=O)CCC(=O)c1ccc3c(c1)OCO3)CC2. The first kappa shape index (κ1) is 19.1. The first-order chi connectivity index (χ1) is 14.1. The van der Waals surface area contributed by atoms with E-state index < -0.39 is 0 Å². The molecule has 0 fully saturated rings. The maximum atomic E-state index is 12.7. The van der Waals surface area contributed by atoms with Crippen molar-refractivity contribution in [3.8, 4) is 23.0 Å². The number of ketones is 1. The Morgan fingerprint density at radius 3 is 2.45 bits per heavy atom. The lowest BCUT2D eigenvalue weighted by Crippen LogP contribution is -2.36. The third kappa shape index (κ3) is 3.85. The molecule has 4 rings (SSSR count). The molecule has 2 aromatic rings. The molecule has 0 aliphatic carbocycles. The fourth-order valence-electron chi connectivity index (χ4n) is 3.69. The van der Waals surface area contributed by atoms with Crippen LogP contribution in [0.4, 0.5) is 0 Å². The molecule has 152 valence electrons. The Bertz CT molecular complexity index is 955. The number of hydrogen-bond donors (Lipinski definition) is 0. The van der Waals surface area contributed by atoms with Gasteiger partial charge in [-0.1, -0.05) is 0 Å². The molecule has 2 heterocycles. The third-order valence-electron chi connectivity index (χ3n) is 5.33. The molecule has 2 aliphatic heterocycles. The lowest BCUT2D eigenvalue weighted by molar-refractivity contribution is -0.132. The zero-order valence-electron chi connectivity index (χ0n) is 16.5. The summed E-state index contributed by atoms with van der Waals surface area (Å²) in [4.78, 5) is 27.0. The van der Waals surface area contributed by atoms with Gasteiger partial charge in [-0.05, 0) is 47.9 Å². The van der Waals surface area contributed by atoms with Gasteiger partial charge in [0.05, 0.1) is 14.2 Å². The molecule has 0 saturated heterocycles. The van der Waals surface area contributed by atoms with Gasteiger partial charge in [-0.2, -0.15) is 0 Å². The van der Waals surface area contributed by atoms with E-state index in [1.807, 2.05) is 12.1 Å². The number of fused-ring (bicyclic) bond motifs is 2. The van der Waals surface area contributed by atoms with Crippen molar-refractivity contribution in [1.82, 2.24) is 4.90 Å². The summed E-state index contributed by atoms with van der Waals surface area (Å²) in [6, 6.07) is 8.99. The monoisotopic (exact) mass is 397 g/mol. The molecular weight excluding hydrogens is 374 g/mol. The summed E-state index contributed by atoms with van der Waals surface area (Å²) in [5, 5.41) is 0. The standard InChI is InChI=1S/C22H23NO6/c1-26-19-9-14-7-8-23(12-16(14)11-20(19)27-2)22(25)6-4-17(24)15-3-5-18-21(10-15)29-13-28-18/h3,5,9-11H,4,6-8,12-13H2,1-2H3. The number of carbonyl (C=O) groups excluding carboxylic acids is 2. The van der Waals surface area contributed by atoms with Crippen LogP contribution in [-0.2, 0) is 17.8 Å². The Balaban J connectivity index is 1.38. The second kappa shape index (κ2) is 8.03. The first-order valence-corrected chi connectivity index (χ1v) is 9.53. The number of nitrogens with zero attached hydrogens (tertiary/aromatic N) is 1. The van der Waals surface area contributed by atoms with Crippen molar-refractivity contribution in [2.45, 2.75) is 25.8 Å². The number of rotatable bonds is 6. The molecule has 0 spiro atoms. The zero-order chi connectivity index (χ0) is 20.4. The van der Waals surface area contributed by atoms with Crippen LogP contribution in [0.5, 0.6) is 23.0 Å². The van der Waals surface area contributed by atoms with Crippen molar-refractivity contribution in [2.75, 3.05) is 27.6 Å². The topological polar surface area (TPSA) is 74.3 Å². The van der Waals surface area contributed by atoms with E-state index in [1.54, 1.807) is 37.3 Å². The zero-order valence-corrected chi connectivity index (χ0v) is 16.5. The summed E-state index contributed by atoms with van der Waals surface area (Å²) in [7, 11) is 3.21. The molecule has 0 atom stereocenters. The molecule has 7 nitrogen and oxygen atoms in total. The van der Waals surface area contributed by atoms with Crippen molar-refractivity contribution in [1.29, 1.82) is 0 Å². The lowest BCUT2D eigenvalue weighted by Gasteiger charge is -2.29. The minimum atomic E-state index is -0.0829. The van der Waals surface area contributed by atoms with E-state index in [1.165, 1.54) is 0 Å². The van der Waals surface area contributed by atoms with Gasteiger partial charge in [0.25, 0.3) is 0 Å². The molecule has 2 aromatic carbocycles. The maximum absolute atomic E-state index is 12.7. The van der Waals surface area contributed by atoms with Gasteiger partial charge < -0.3 is 23.8 Å². The predicted octanol–water partition coefficient (Wildman–Crippen LogP) is 2.98. The van der Waals surface area contributed by atoms with Crippen LogP contribution in [0.25, 0.3) is 0 Å². The number of benzene rings is 2. The highest BCUT2D eigenvalue weighted by molar-refractivity contribution is 5.98.